The molecule has 0 bridgehead atoms. The van der Waals surface area contributed by atoms with Gasteiger partial charge in [0.1, 0.15) is 5.75 Å². The van der Waals surface area contributed by atoms with Gasteiger partial charge in [0.2, 0.25) is 0 Å². The van der Waals surface area contributed by atoms with Gasteiger partial charge in [0.25, 0.3) is 0 Å². The van der Waals surface area contributed by atoms with E-state index >= 15 is 0 Å². The Balaban J connectivity index is 1.76. The molecule has 2 aromatic rings. The molecule has 2 unspecified atom stereocenters. The van der Waals surface area contributed by atoms with Crippen LogP contribution in [-0.4, -0.2) is 25.4 Å². The first kappa shape index (κ1) is 14.1. The Hall–Kier alpha value is -2.29. The maximum atomic E-state index is 5.52. The molecule has 3 nitrogen and oxygen atoms in total. The van der Waals surface area contributed by atoms with Crippen molar-refractivity contribution < 1.29 is 4.74 Å². The van der Waals surface area contributed by atoms with Gasteiger partial charge in [0.05, 0.1) is 18.2 Å². The molecule has 1 saturated heterocycles. The Labute approximate surface area is 143 Å². The average Bonchev–Trinajstić information content (AvgIpc) is 3.20. The third kappa shape index (κ3) is 1.65. The number of ether oxygens (including phenoxy) is 1. The number of rotatable bonds is 1. The van der Waals surface area contributed by atoms with Crippen molar-refractivity contribution in [1.29, 1.82) is 0 Å². The van der Waals surface area contributed by atoms with Crippen molar-refractivity contribution in [2.75, 3.05) is 18.6 Å². The summed E-state index contributed by atoms with van der Waals surface area (Å²) in [5.41, 5.74) is 6.60. The number of fused-ring (bicyclic) bond motifs is 6. The monoisotopic (exact) mass is 318 g/mol. The molecule has 0 amide bonds. The Kier molecular flexibility index (Phi) is 2.85. The number of hydrogen-bond donors (Lipinski definition) is 0. The van der Waals surface area contributed by atoms with Crippen LogP contribution in [0.4, 0.5) is 11.4 Å². The second-order valence-electron chi connectivity index (χ2n) is 7.21. The molecule has 2 atom stereocenters. The van der Waals surface area contributed by atoms with E-state index in [0.717, 1.165) is 24.4 Å². The van der Waals surface area contributed by atoms with Crippen molar-refractivity contribution in [3.8, 4) is 5.75 Å². The molecule has 1 fully saturated rings. The van der Waals surface area contributed by atoms with Crippen molar-refractivity contribution >= 4 is 17.1 Å². The van der Waals surface area contributed by atoms with Gasteiger partial charge < -0.3 is 9.64 Å². The number of para-hydroxylation sites is 1. The third-order valence-electron chi connectivity index (χ3n) is 6.21. The average molecular weight is 318 g/mol. The number of nitrogens with zero attached hydrogens (tertiary/aromatic N) is 2. The van der Waals surface area contributed by atoms with Crippen LogP contribution >= 0.6 is 0 Å². The zero-order chi connectivity index (χ0) is 16.3. The van der Waals surface area contributed by atoms with Gasteiger partial charge >= 0.3 is 0 Å². The Bertz CT molecular complexity index is 857. The highest BCUT2D eigenvalue weighted by atomic mass is 16.5. The highest BCUT2D eigenvalue weighted by molar-refractivity contribution is 6.02. The molecule has 3 aliphatic heterocycles. The molecule has 0 aliphatic carbocycles. The van der Waals surface area contributed by atoms with E-state index in [0.29, 0.717) is 6.04 Å². The minimum atomic E-state index is -0.00523. The molecule has 0 aromatic heterocycles. The highest BCUT2D eigenvalue weighted by Gasteiger charge is 2.54. The number of hydrogen-bond acceptors (Lipinski definition) is 3. The van der Waals surface area contributed by atoms with Gasteiger partial charge in [-0.2, -0.15) is 0 Å². The quantitative estimate of drug-likeness (QED) is 0.784. The molecule has 3 aliphatic rings. The van der Waals surface area contributed by atoms with E-state index in [1.807, 2.05) is 6.07 Å². The van der Waals surface area contributed by atoms with Crippen LogP contribution in [0.1, 0.15) is 30.9 Å². The smallest absolute Gasteiger partial charge is 0.119 e. The molecule has 0 N–H and O–H groups in total. The Morgan fingerprint density at radius 3 is 2.96 bits per heavy atom. The van der Waals surface area contributed by atoms with Crippen LogP contribution < -0.4 is 9.64 Å². The lowest BCUT2D eigenvalue weighted by Crippen LogP contribution is -2.55. The van der Waals surface area contributed by atoms with E-state index in [2.05, 4.69) is 48.2 Å². The van der Waals surface area contributed by atoms with Crippen LogP contribution in [0, 0.1) is 0 Å². The minimum Gasteiger partial charge on any atom is -0.497 e. The Morgan fingerprint density at radius 2 is 2.08 bits per heavy atom. The van der Waals surface area contributed by atoms with Crippen molar-refractivity contribution in [2.24, 2.45) is 4.99 Å². The number of anilines is 1. The minimum absolute atomic E-state index is 0.00523. The molecular weight excluding hydrogens is 296 g/mol. The highest BCUT2D eigenvalue weighted by Crippen LogP contribution is 2.53. The molecule has 0 saturated carbocycles. The number of aliphatic imine (C=N–C) groups is 1. The van der Waals surface area contributed by atoms with Crippen molar-refractivity contribution in [1.82, 2.24) is 0 Å². The molecule has 2 aromatic carbocycles. The van der Waals surface area contributed by atoms with Crippen molar-refractivity contribution in [2.45, 2.75) is 37.6 Å². The standard InChI is InChI=1S/C21H22N2O/c1-14-21(17-12-16(24-2)9-10-18(17)22-14)13-15-6-3-4-7-19(15)23-11-5-8-20(21)23/h3-4,6-7,9-10,12,20H,5,8,11,13H2,1-2H3. The second kappa shape index (κ2) is 4.85. The van der Waals surface area contributed by atoms with Crippen molar-refractivity contribution in [3.05, 3.63) is 53.6 Å². The second-order valence-corrected chi connectivity index (χ2v) is 7.21. The lowest BCUT2D eigenvalue weighted by atomic mass is 9.65. The maximum absolute atomic E-state index is 5.52. The number of methoxy groups -OCH3 is 1. The van der Waals surface area contributed by atoms with Gasteiger partial charge in [-0.15, -0.1) is 0 Å². The Morgan fingerprint density at radius 1 is 1.21 bits per heavy atom. The van der Waals surface area contributed by atoms with Gasteiger partial charge in [0.15, 0.2) is 0 Å². The first-order valence-corrected chi connectivity index (χ1v) is 8.83. The molecule has 3 heterocycles. The predicted molar refractivity (Wildman–Crippen MR) is 98.0 cm³/mol. The molecule has 24 heavy (non-hydrogen) atoms. The first-order valence-electron chi connectivity index (χ1n) is 8.83. The number of benzene rings is 2. The van der Waals surface area contributed by atoms with Crippen LogP contribution in [0.2, 0.25) is 0 Å². The molecule has 122 valence electrons. The summed E-state index contributed by atoms with van der Waals surface area (Å²) in [6.07, 6.45) is 3.53. The lowest BCUT2D eigenvalue weighted by Gasteiger charge is -2.47. The van der Waals surface area contributed by atoms with Crippen molar-refractivity contribution in [3.63, 3.8) is 0 Å². The van der Waals surface area contributed by atoms with Crippen LogP contribution in [0.3, 0.4) is 0 Å². The SMILES string of the molecule is COc1ccc2c(c1)C1(Cc3ccccc3N3CCCC31)C(C)=N2. The summed E-state index contributed by atoms with van der Waals surface area (Å²) in [4.78, 5) is 7.60. The van der Waals surface area contributed by atoms with E-state index < -0.39 is 0 Å². The molecule has 0 radical (unpaired) electrons. The summed E-state index contributed by atoms with van der Waals surface area (Å²) >= 11 is 0. The fraction of sp³-hybridized carbons (Fsp3) is 0.381. The van der Waals surface area contributed by atoms with E-state index in [4.69, 9.17) is 9.73 Å². The normalized spacial score (nSPS) is 26.8. The van der Waals surface area contributed by atoms with Crippen LogP contribution in [0.15, 0.2) is 47.5 Å². The van der Waals surface area contributed by atoms with Gasteiger partial charge in [-0.1, -0.05) is 18.2 Å². The summed E-state index contributed by atoms with van der Waals surface area (Å²) < 4.78 is 5.52. The zero-order valence-corrected chi connectivity index (χ0v) is 14.2. The summed E-state index contributed by atoms with van der Waals surface area (Å²) in [6, 6.07) is 15.8. The topological polar surface area (TPSA) is 24.8 Å². The van der Waals surface area contributed by atoms with Gasteiger partial charge in [0, 0.05) is 24.0 Å². The van der Waals surface area contributed by atoms with E-state index in [9.17, 15) is 0 Å². The van der Waals surface area contributed by atoms with Gasteiger partial charge in [-0.3, -0.25) is 4.99 Å². The fourth-order valence-electron chi connectivity index (χ4n) is 5.14. The van der Waals surface area contributed by atoms with E-state index in [1.165, 1.54) is 35.4 Å². The zero-order valence-electron chi connectivity index (χ0n) is 14.2. The van der Waals surface area contributed by atoms with Crippen LogP contribution in [0.5, 0.6) is 5.75 Å². The van der Waals surface area contributed by atoms with Gasteiger partial charge in [-0.25, -0.2) is 0 Å². The maximum Gasteiger partial charge on any atom is 0.119 e. The fourth-order valence-corrected chi connectivity index (χ4v) is 5.14. The third-order valence-corrected chi connectivity index (χ3v) is 6.21. The summed E-state index contributed by atoms with van der Waals surface area (Å²) in [5, 5.41) is 0. The van der Waals surface area contributed by atoms with E-state index in [-0.39, 0.29) is 5.41 Å². The summed E-state index contributed by atoms with van der Waals surface area (Å²) in [7, 11) is 1.75. The van der Waals surface area contributed by atoms with Crippen LogP contribution in [0.25, 0.3) is 0 Å². The summed E-state index contributed by atoms with van der Waals surface area (Å²) in [5.74, 6) is 0.932. The largest absolute Gasteiger partial charge is 0.497 e. The lowest BCUT2D eigenvalue weighted by molar-refractivity contribution is 0.407. The van der Waals surface area contributed by atoms with Gasteiger partial charge in [-0.05, 0) is 61.6 Å². The first-order chi connectivity index (χ1) is 11.7. The summed E-state index contributed by atoms with van der Waals surface area (Å²) in [6.45, 7) is 3.37. The molecule has 1 spiro atoms. The molecule has 5 rings (SSSR count). The van der Waals surface area contributed by atoms with Crippen LogP contribution in [-0.2, 0) is 11.8 Å². The molecular formula is C21H22N2O. The molecule has 3 heteroatoms. The predicted octanol–water partition coefficient (Wildman–Crippen LogP) is 4.26. The van der Waals surface area contributed by atoms with E-state index in [1.54, 1.807) is 7.11 Å².